The highest BCUT2D eigenvalue weighted by Gasteiger charge is 2.16. The van der Waals surface area contributed by atoms with Gasteiger partial charge in [-0.15, -0.1) is 11.3 Å². The van der Waals surface area contributed by atoms with Gasteiger partial charge in [-0.05, 0) is 18.4 Å². The smallest absolute Gasteiger partial charge is 0.0998 e. The molecule has 2 aromatic rings. The molecule has 0 aliphatic heterocycles. The highest BCUT2D eigenvalue weighted by Crippen LogP contribution is 2.30. The van der Waals surface area contributed by atoms with Crippen molar-refractivity contribution in [1.29, 1.82) is 0 Å². The minimum Gasteiger partial charge on any atom is -0.330 e. The normalized spacial score (nSPS) is 13.5. The predicted molar refractivity (Wildman–Crippen MR) is 68.7 cm³/mol. The third-order valence-corrected chi connectivity index (χ3v) is 3.79. The highest BCUT2D eigenvalue weighted by molar-refractivity contribution is 7.18. The fraction of sp³-hybridized carbons (Fsp3) is 0.500. The number of thiazole rings is 1. The Kier molecular flexibility index (Phi) is 3.51. The second kappa shape index (κ2) is 4.89. The standard InChI is InChI=1S/C12H17N3S/c1-8(2)5-9(6-13)12-15-10-7-14-4-3-11(10)16-12/h3-4,7-9H,5-6,13H2,1-2H3. The third-order valence-electron chi connectivity index (χ3n) is 2.60. The molecule has 0 amide bonds. The monoisotopic (exact) mass is 235 g/mol. The first-order valence-electron chi connectivity index (χ1n) is 5.61. The van der Waals surface area contributed by atoms with Crippen LogP contribution in [-0.4, -0.2) is 16.5 Å². The first kappa shape index (κ1) is 11.5. The van der Waals surface area contributed by atoms with Crippen LogP contribution in [0.25, 0.3) is 10.2 Å². The molecule has 2 rings (SSSR count). The lowest BCUT2D eigenvalue weighted by molar-refractivity contribution is 0.503. The maximum atomic E-state index is 5.83. The topological polar surface area (TPSA) is 51.8 Å². The maximum absolute atomic E-state index is 5.83. The first-order chi connectivity index (χ1) is 7.70. The Morgan fingerprint density at radius 1 is 1.44 bits per heavy atom. The van der Waals surface area contributed by atoms with Crippen LogP contribution in [0, 0.1) is 5.92 Å². The van der Waals surface area contributed by atoms with Gasteiger partial charge in [0.2, 0.25) is 0 Å². The molecule has 0 aliphatic rings. The summed E-state index contributed by atoms with van der Waals surface area (Å²) in [5.41, 5.74) is 6.82. The van der Waals surface area contributed by atoms with E-state index in [1.165, 1.54) is 4.70 Å². The zero-order chi connectivity index (χ0) is 11.5. The van der Waals surface area contributed by atoms with Gasteiger partial charge >= 0.3 is 0 Å². The van der Waals surface area contributed by atoms with Crippen LogP contribution in [0.2, 0.25) is 0 Å². The van der Waals surface area contributed by atoms with Crippen LogP contribution < -0.4 is 5.73 Å². The maximum Gasteiger partial charge on any atom is 0.0998 e. The van der Waals surface area contributed by atoms with E-state index in [9.17, 15) is 0 Å². The molecule has 16 heavy (non-hydrogen) atoms. The van der Waals surface area contributed by atoms with Crippen molar-refractivity contribution >= 4 is 21.6 Å². The van der Waals surface area contributed by atoms with Crippen LogP contribution in [0.3, 0.4) is 0 Å². The summed E-state index contributed by atoms with van der Waals surface area (Å²) in [6.07, 6.45) is 4.73. The van der Waals surface area contributed by atoms with Crippen molar-refractivity contribution in [2.24, 2.45) is 11.7 Å². The van der Waals surface area contributed by atoms with Crippen LogP contribution in [0.15, 0.2) is 18.5 Å². The fourth-order valence-corrected chi connectivity index (χ4v) is 2.90. The average molecular weight is 235 g/mol. The number of fused-ring (bicyclic) bond motifs is 1. The van der Waals surface area contributed by atoms with Gasteiger partial charge in [0.05, 0.1) is 21.4 Å². The van der Waals surface area contributed by atoms with Crippen LogP contribution in [0.4, 0.5) is 0 Å². The lowest BCUT2D eigenvalue weighted by atomic mass is 9.98. The average Bonchev–Trinajstić information content (AvgIpc) is 2.68. The number of hydrogen-bond acceptors (Lipinski definition) is 4. The minimum absolute atomic E-state index is 0.386. The van der Waals surface area contributed by atoms with Gasteiger partial charge in [-0.1, -0.05) is 13.8 Å². The summed E-state index contributed by atoms with van der Waals surface area (Å²) in [6, 6.07) is 2.01. The molecule has 2 heterocycles. The number of nitrogens with two attached hydrogens (primary N) is 1. The van der Waals surface area contributed by atoms with Crippen molar-refractivity contribution in [2.45, 2.75) is 26.2 Å². The molecule has 2 N–H and O–H groups in total. The van der Waals surface area contributed by atoms with E-state index in [-0.39, 0.29) is 0 Å². The number of hydrogen-bond donors (Lipinski definition) is 1. The lowest BCUT2D eigenvalue weighted by Gasteiger charge is -2.13. The predicted octanol–water partition coefficient (Wildman–Crippen LogP) is 2.78. The van der Waals surface area contributed by atoms with Gasteiger partial charge in [-0.2, -0.15) is 0 Å². The van der Waals surface area contributed by atoms with E-state index in [2.05, 4.69) is 23.8 Å². The quantitative estimate of drug-likeness (QED) is 0.886. The van der Waals surface area contributed by atoms with Crippen molar-refractivity contribution < 1.29 is 0 Å². The van der Waals surface area contributed by atoms with Crippen LogP contribution in [0.1, 0.15) is 31.2 Å². The number of aromatic nitrogens is 2. The molecule has 1 unspecified atom stereocenters. The number of pyridine rings is 1. The molecule has 0 fully saturated rings. The SMILES string of the molecule is CC(C)CC(CN)c1nc2cnccc2s1. The molecule has 1 atom stereocenters. The summed E-state index contributed by atoms with van der Waals surface area (Å²) in [5, 5.41) is 1.15. The minimum atomic E-state index is 0.386. The highest BCUT2D eigenvalue weighted by atomic mass is 32.1. The van der Waals surface area contributed by atoms with E-state index >= 15 is 0 Å². The number of rotatable bonds is 4. The van der Waals surface area contributed by atoms with Crippen molar-refractivity contribution in [3.63, 3.8) is 0 Å². The van der Waals surface area contributed by atoms with Crippen molar-refractivity contribution in [2.75, 3.05) is 6.54 Å². The molecular weight excluding hydrogens is 218 g/mol. The molecule has 0 aromatic carbocycles. The van der Waals surface area contributed by atoms with Crippen LogP contribution in [-0.2, 0) is 0 Å². The Balaban J connectivity index is 2.30. The first-order valence-corrected chi connectivity index (χ1v) is 6.43. The van der Waals surface area contributed by atoms with E-state index in [1.807, 2.05) is 18.5 Å². The second-order valence-electron chi connectivity index (χ2n) is 4.46. The molecule has 2 aromatic heterocycles. The molecule has 0 aliphatic carbocycles. The molecule has 0 saturated carbocycles. The Hall–Kier alpha value is -1.00. The molecule has 0 bridgehead atoms. The summed E-state index contributed by atoms with van der Waals surface area (Å²) in [5.74, 6) is 1.04. The van der Waals surface area contributed by atoms with Crippen molar-refractivity contribution in [1.82, 2.24) is 9.97 Å². The Labute approximate surface area is 99.7 Å². The zero-order valence-electron chi connectivity index (χ0n) is 9.68. The van der Waals surface area contributed by atoms with Gasteiger partial charge in [0.15, 0.2) is 0 Å². The summed E-state index contributed by atoms with van der Waals surface area (Å²) >= 11 is 1.74. The summed E-state index contributed by atoms with van der Waals surface area (Å²) in [7, 11) is 0. The molecule has 0 saturated heterocycles. The van der Waals surface area contributed by atoms with Gasteiger partial charge < -0.3 is 5.73 Å². The molecule has 0 radical (unpaired) electrons. The summed E-state index contributed by atoms with van der Waals surface area (Å²) < 4.78 is 1.20. The van der Waals surface area contributed by atoms with Gasteiger partial charge in [-0.25, -0.2) is 4.98 Å². The van der Waals surface area contributed by atoms with E-state index in [1.54, 1.807) is 11.3 Å². The van der Waals surface area contributed by atoms with Crippen LogP contribution >= 0.6 is 11.3 Å². The largest absolute Gasteiger partial charge is 0.330 e. The van der Waals surface area contributed by atoms with Gasteiger partial charge in [-0.3, -0.25) is 4.98 Å². The van der Waals surface area contributed by atoms with Crippen molar-refractivity contribution in [3.05, 3.63) is 23.5 Å². The van der Waals surface area contributed by atoms with Gasteiger partial charge in [0.1, 0.15) is 0 Å². The van der Waals surface area contributed by atoms with Gasteiger partial charge in [0, 0.05) is 18.7 Å². The molecule has 86 valence electrons. The van der Waals surface area contributed by atoms with E-state index in [4.69, 9.17) is 5.73 Å². The van der Waals surface area contributed by atoms with Gasteiger partial charge in [0.25, 0.3) is 0 Å². The number of nitrogens with zero attached hydrogens (tertiary/aromatic N) is 2. The van der Waals surface area contributed by atoms with Crippen LogP contribution in [0.5, 0.6) is 0 Å². The zero-order valence-corrected chi connectivity index (χ0v) is 10.5. The fourth-order valence-electron chi connectivity index (χ4n) is 1.84. The Morgan fingerprint density at radius 2 is 2.25 bits per heavy atom. The van der Waals surface area contributed by atoms with E-state index < -0.39 is 0 Å². The Bertz CT molecular complexity index is 431. The molecular formula is C12H17N3S. The lowest BCUT2D eigenvalue weighted by Crippen LogP contribution is -2.14. The molecule has 4 heteroatoms. The molecule has 3 nitrogen and oxygen atoms in total. The summed E-state index contributed by atoms with van der Waals surface area (Å²) in [4.78, 5) is 8.70. The summed E-state index contributed by atoms with van der Waals surface area (Å²) in [6.45, 7) is 5.11. The molecule has 0 spiro atoms. The second-order valence-corrected chi connectivity index (χ2v) is 5.52. The third kappa shape index (κ3) is 2.39. The van der Waals surface area contributed by atoms with E-state index in [0.717, 1.165) is 16.9 Å². The van der Waals surface area contributed by atoms with E-state index in [0.29, 0.717) is 18.4 Å². The van der Waals surface area contributed by atoms with Crippen molar-refractivity contribution in [3.8, 4) is 0 Å². The Morgan fingerprint density at radius 3 is 2.88 bits per heavy atom.